The highest BCUT2D eigenvalue weighted by Gasteiger charge is 2.36. The molecule has 8 heteroatoms. The van der Waals surface area contributed by atoms with Crippen molar-refractivity contribution in [2.45, 2.75) is 25.8 Å². The van der Waals surface area contributed by atoms with Crippen LogP contribution in [0.15, 0.2) is 59.2 Å². The van der Waals surface area contributed by atoms with Gasteiger partial charge >= 0.3 is 0 Å². The fraction of sp³-hybridized carbons (Fsp3) is 0.240. The Bertz CT molecular complexity index is 1230. The first kappa shape index (κ1) is 20.9. The number of amides is 3. The number of carbonyl (C=O) groups excluding carboxylic acids is 3. The fourth-order valence-electron chi connectivity index (χ4n) is 4.35. The van der Waals surface area contributed by atoms with Gasteiger partial charge in [-0.2, -0.15) is 0 Å². The quantitative estimate of drug-likeness (QED) is 0.584. The van der Waals surface area contributed by atoms with E-state index >= 15 is 0 Å². The molecule has 2 aliphatic rings. The lowest BCUT2D eigenvalue weighted by atomic mass is 10.0. The Morgan fingerprint density at radius 3 is 2.52 bits per heavy atom. The third-order valence-electron chi connectivity index (χ3n) is 6.03. The van der Waals surface area contributed by atoms with Crippen LogP contribution in [0.5, 0.6) is 0 Å². The average molecular weight is 447 g/mol. The van der Waals surface area contributed by atoms with E-state index < -0.39 is 23.5 Å². The third-order valence-corrected chi connectivity index (χ3v) is 6.03. The summed E-state index contributed by atoms with van der Waals surface area (Å²) >= 11 is 0. The summed E-state index contributed by atoms with van der Waals surface area (Å²) in [5.74, 6) is -1.36. The van der Waals surface area contributed by atoms with E-state index in [0.29, 0.717) is 11.4 Å². The molecule has 33 heavy (non-hydrogen) atoms. The Balaban J connectivity index is 1.39. The number of furan rings is 1. The summed E-state index contributed by atoms with van der Waals surface area (Å²) in [4.78, 5) is 41.8. The van der Waals surface area contributed by atoms with Crippen LogP contribution in [0.25, 0.3) is 0 Å². The Morgan fingerprint density at radius 1 is 0.970 bits per heavy atom. The van der Waals surface area contributed by atoms with Crippen LogP contribution in [0, 0.1) is 5.82 Å². The predicted molar refractivity (Wildman–Crippen MR) is 120 cm³/mol. The van der Waals surface area contributed by atoms with Gasteiger partial charge in [0, 0.05) is 18.7 Å². The van der Waals surface area contributed by atoms with Crippen molar-refractivity contribution in [1.82, 2.24) is 4.90 Å². The fourth-order valence-corrected chi connectivity index (χ4v) is 4.35. The maximum atomic E-state index is 14.0. The topological polar surface area (TPSA) is 82.9 Å². The normalized spacial score (nSPS) is 15.7. The van der Waals surface area contributed by atoms with Crippen molar-refractivity contribution in [2.24, 2.45) is 0 Å². The van der Waals surface area contributed by atoms with Gasteiger partial charge in [0.2, 0.25) is 0 Å². The first-order valence-electron chi connectivity index (χ1n) is 10.9. The zero-order valence-corrected chi connectivity index (χ0v) is 17.8. The van der Waals surface area contributed by atoms with E-state index in [2.05, 4.69) is 10.2 Å². The number of hydrogen-bond donors (Lipinski definition) is 1. The standard InChI is InChI=1S/C25H22FN3O4/c26-17-7-9-22(28-10-2-1-3-11-28)21(14-17)27-23(30)16-6-8-19-20(13-16)25(32)29(24(19)31)15-18-5-4-12-33-18/h4-9,12-14H,1-3,10-11,15H2,(H,27,30). The molecule has 0 bridgehead atoms. The van der Waals surface area contributed by atoms with Gasteiger partial charge in [0.25, 0.3) is 17.7 Å². The van der Waals surface area contributed by atoms with Gasteiger partial charge in [0.1, 0.15) is 11.6 Å². The highest BCUT2D eigenvalue weighted by Crippen LogP contribution is 2.31. The van der Waals surface area contributed by atoms with E-state index in [0.717, 1.165) is 42.9 Å². The van der Waals surface area contributed by atoms with Crippen molar-refractivity contribution in [3.63, 3.8) is 0 Å². The number of nitrogens with one attached hydrogen (secondary N) is 1. The SMILES string of the molecule is O=C(Nc1cc(F)ccc1N1CCCCC1)c1ccc2c(c1)C(=O)N(Cc1ccco1)C2=O. The van der Waals surface area contributed by atoms with Crippen molar-refractivity contribution in [3.8, 4) is 0 Å². The zero-order chi connectivity index (χ0) is 22.9. The Kier molecular flexibility index (Phi) is 5.42. The molecule has 0 atom stereocenters. The van der Waals surface area contributed by atoms with Crippen LogP contribution in [0.2, 0.25) is 0 Å². The second kappa shape index (κ2) is 8.54. The predicted octanol–water partition coefficient (Wildman–Crippen LogP) is 4.46. The van der Waals surface area contributed by atoms with Crippen LogP contribution < -0.4 is 10.2 Å². The molecule has 3 heterocycles. The van der Waals surface area contributed by atoms with E-state index in [1.54, 1.807) is 18.2 Å². The molecule has 3 aromatic rings. The molecule has 2 aliphatic heterocycles. The maximum Gasteiger partial charge on any atom is 0.261 e. The molecule has 0 radical (unpaired) electrons. The van der Waals surface area contributed by atoms with Crippen LogP contribution in [0.3, 0.4) is 0 Å². The number of hydrogen-bond acceptors (Lipinski definition) is 5. The van der Waals surface area contributed by atoms with Crippen molar-refractivity contribution in [2.75, 3.05) is 23.3 Å². The zero-order valence-electron chi connectivity index (χ0n) is 17.8. The molecule has 0 saturated carbocycles. The average Bonchev–Trinajstić information content (AvgIpc) is 3.42. The highest BCUT2D eigenvalue weighted by atomic mass is 19.1. The molecule has 1 saturated heterocycles. The molecule has 1 N–H and O–H groups in total. The molecule has 2 aromatic carbocycles. The first-order chi connectivity index (χ1) is 16.0. The van der Waals surface area contributed by atoms with Crippen LogP contribution in [0.1, 0.15) is 56.1 Å². The summed E-state index contributed by atoms with van der Waals surface area (Å²) in [5, 5.41) is 2.78. The number of rotatable bonds is 5. The molecule has 7 nitrogen and oxygen atoms in total. The summed E-state index contributed by atoms with van der Waals surface area (Å²) in [5.41, 5.74) is 1.76. The number of halogens is 1. The monoisotopic (exact) mass is 447 g/mol. The number of imide groups is 1. The molecule has 3 amide bonds. The van der Waals surface area contributed by atoms with Gasteiger partial charge in [0.05, 0.1) is 35.3 Å². The van der Waals surface area contributed by atoms with Crippen LogP contribution in [-0.2, 0) is 6.54 Å². The number of piperidine rings is 1. The van der Waals surface area contributed by atoms with Crippen molar-refractivity contribution >= 4 is 29.1 Å². The van der Waals surface area contributed by atoms with E-state index in [-0.39, 0.29) is 23.2 Å². The number of nitrogens with zero attached hydrogens (tertiary/aromatic N) is 2. The summed E-state index contributed by atoms with van der Waals surface area (Å²) in [7, 11) is 0. The second-order valence-electron chi connectivity index (χ2n) is 8.20. The Hall–Kier alpha value is -3.94. The number of benzene rings is 2. The lowest BCUT2D eigenvalue weighted by Gasteiger charge is -2.30. The minimum absolute atomic E-state index is 0.0172. The molecule has 1 aromatic heterocycles. The lowest BCUT2D eigenvalue weighted by molar-refractivity contribution is 0.0631. The third kappa shape index (κ3) is 4.00. The molecule has 0 aliphatic carbocycles. The van der Waals surface area contributed by atoms with Gasteiger partial charge in [-0.25, -0.2) is 4.39 Å². The minimum atomic E-state index is -0.485. The van der Waals surface area contributed by atoms with Gasteiger partial charge in [-0.15, -0.1) is 0 Å². The Morgan fingerprint density at radius 2 is 1.76 bits per heavy atom. The van der Waals surface area contributed by atoms with Gasteiger partial charge in [-0.3, -0.25) is 19.3 Å². The molecule has 0 spiro atoms. The highest BCUT2D eigenvalue weighted by molar-refractivity contribution is 6.22. The number of carbonyl (C=O) groups is 3. The van der Waals surface area contributed by atoms with Gasteiger partial charge in [-0.1, -0.05) is 0 Å². The summed E-state index contributed by atoms with van der Waals surface area (Å²) in [6.07, 6.45) is 4.71. The minimum Gasteiger partial charge on any atom is -0.467 e. The molecular weight excluding hydrogens is 425 g/mol. The smallest absolute Gasteiger partial charge is 0.261 e. The van der Waals surface area contributed by atoms with E-state index in [4.69, 9.17) is 4.42 Å². The lowest BCUT2D eigenvalue weighted by Crippen LogP contribution is -2.30. The van der Waals surface area contributed by atoms with Crippen molar-refractivity contribution < 1.29 is 23.2 Å². The molecule has 0 unspecified atom stereocenters. The Labute approximate surface area is 189 Å². The summed E-state index contributed by atoms with van der Waals surface area (Å²) in [6, 6.07) is 12.1. The van der Waals surface area contributed by atoms with Crippen molar-refractivity contribution in [1.29, 1.82) is 0 Å². The van der Waals surface area contributed by atoms with E-state index in [9.17, 15) is 18.8 Å². The van der Waals surface area contributed by atoms with Crippen LogP contribution in [0.4, 0.5) is 15.8 Å². The molecular formula is C25H22FN3O4. The number of anilines is 2. The van der Waals surface area contributed by atoms with Crippen molar-refractivity contribution in [3.05, 3.63) is 83.1 Å². The molecule has 168 valence electrons. The van der Waals surface area contributed by atoms with Crippen LogP contribution in [-0.4, -0.2) is 35.7 Å². The summed E-state index contributed by atoms with van der Waals surface area (Å²) in [6.45, 7) is 1.70. The largest absolute Gasteiger partial charge is 0.467 e. The summed E-state index contributed by atoms with van der Waals surface area (Å²) < 4.78 is 19.2. The first-order valence-corrected chi connectivity index (χ1v) is 10.9. The van der Waals surface area contributed by atoms with E-state index in [1.165, 1.54) is 36.6 Å². The van der Waals surface area contributed by atoms with Crippen LogP contribution >= 0.6 is 0 Å². The molecule has 1 fully saturated rings. The number of fused-ring (bicyclic) bond motifs is 1. The van der Waals surface area contributed by atoms with Gasteiger partial charge < -0.3 is 14.6 Å². The van der Waals surface area contributed by atoms with Gasteiger partial charge in [0.15, 0.2) is 0 Å². The molecule has 5 rings (SSSR count). The van der Waals surface area contributed by atoms with Gasteiger partial charge in [-0.05, 0) is 67.8 Å². The second-order valence-corrected chi connectivity index (χ2v) is 8.20. The van der Waals surface area contributed by atoms with E-state index in [1.807, 2.05) is 0 Å². The maximum absolute atomic E-state index is 14.0.